The zero-order valence-electron chi connectivity index (χ0n) is 14.5. The summed E-state index contributed by atoms with van der Waals surface area (Å²) in [7, 11) is 0. The number of benzene rings is 3. The van der Waals surface area contributed by atoms with Crippen LogP contribution >= 0.6 is 0 Å². The Kier molecular flexibility index (Phi) is 3.64. The fourth-order valence-corrected chi connectivity index (χ4v) is 4.78. The first-order valence-corrected chi connectivity index (χ1v) is 9.06. The first-order valence-electron chi connectivity index (χ1n) is 9.06. The second-order valence-corrected chi connectivity index (χ2v) is 7.86. The van der Waals surface area contributed by atoms with Gasteiger partial charge < -0.3 is 0 Å². The van der Waals surface area contributed by atoms with Crippen molar-refractivity contribution in [1.82, 2.24) is 0 Å². The minimum atomic E-state index is 0.673. The Labute approximate surface area is 139 Å². The van der Waals surface area contributed by atoms with E-state index < -0.39 is 0 Å². The Morgan fingerprint density at radius 2 is 1.70 bits per heavy atom. The van der Waals surface area contributed by atoms with Gasteiger partial charge >= 0.3 is 0 Å². The highest BCUT2D eigenvalue weighted by Gasteiger charge is 2.26. The van der Waals surface area contributed by atoms with E-state index in [1.807, 2.05) is 0 Å². The molecule has 23 heavy (non-hydrogen) atoms. The quantitative estimate of drug-likeness (QED) is 0.462. The smallest absolute Gasteiger partial charge is 0.0102 e. The van der Waals surface area contributed by atoms with Gasteiger partial charge in [0.15, 0.2) is 0 Å². The van der Waals surface area contributed by atoms with E-state index >= 15 is 0 Å². The van der Waals surface area contributed by atoms with Gasteiger partial charge in [0, 0.05) is 0 Å². The first kappa shape index (κ1) is 14.8. The molecule has 4 rings (SSSR count). The van der Waals surface area contributed by atoms with Crippen molar-refractivity contribution in [2.24, 2.45) is 11.8 Å². The lowest BCUT2D eigenvalue weighted by Gasteiger charge is -2.32. The summed E-state index contributed by atoms with van der Waals surface area (Å²) >= 11 is 0. The molecule has 0 bridgehead atoms. The maximum Gasteiger partial charge on any atom is -0.0102 e. The van der Waals surface area contributed by atoms with Crippen LogP contribution in [-0.4, -0.2) is 0 Å². The van der Waals surface area contributed by atoms with Crippen LogP contribution < -0.4 is 0 Å². The van der Waals surface area contributed by atoms with Crippen molar-refractivity contribution < 1.29 is 0 Å². The molecule has 2 unspecified atom stereocenters. The fourth-order valence-electron chi connectivity index (χ4n) is 4.78. The molecule has 1 aliphatic carbocycles. The predicted molar refractivity (Wildman–Crippen MR) is 101 cm³/mol. The van der Waals surface area contributed by atoms with Crippen LogP contribution in [0, 0.1) is 11.8 Å². The van der Waals surface area contributed by atoms with Gasteiger partial charge in [-0.3, -0.25) is 0 Å². The summed E-state index contributed by atoms with van der Waals surface area (Å²) in [5.41, 5.74) is 3.21. The van der Waals surface area contributed by atoms with Gasteiger partial charge in [0.1, 0.15) is 0 Å². The second-order valence-electron chi connectivity index (χ2n) is 7.86. The van der Waals surface area contributed by atoms with E-state index in [4.69, 9.17) is 0 Å². The number of hydrogen-bond acceptors (Lipinski definition) is 0. The van der Waals surface area contributed by atoms with Crippen LogP contribution in [0.1, 0.15) is 50.7 Å². The lowest BCUT2D eigenvalue weighted by molar-refractivity contribution is 0.347. The van der Waals surface area contributed by atoms with Gasteiger partial charge in [-0.15, -0.1) is 0 Å². The molecule has 0 saturated heterocycles. The summed E-state index contributed by atoms with van der Waals surface area (Å²) in [6.07, 6.45) is 3.97. The number of hydrogen-bond donors (Lipinski definition) is 0. The minimum Gasteiger partial charge on any atom is -0.0628 e. The normalized spacial score (nSPS) is 21.0. The molecule has 0 aromatic heterocycles. The highest BCUT2D eigenvalue weighted by atomic mass is 14.3. The fraction of sp³-hybridized carbons (Fsp3) is 0.391. The van der Waals surface area contributed by atoms with Gasteiger partial charge in [0.25, 0.3) is 0 Å². The van der Waals surface area contributed by atoms with Gasteiger partial charge in [-0.2, -0.15) is 0 Å². The molecule has 0 nitrogen and oxygen atoms in total. The Morgan fingerprint density at radius 1 is 0.913 bits per heavy atom. The van der Waals surface area contributed by atoms with Gasteiger partial charge in [-0.1, -0.05) is 69.3 Å². The Balaban J connectivity index is 1.87. The maximum atomic E-state index is 2.43. The number of rotatable bonds is 2. The Hall–Kier alpha value is -1.82. The zero-order valence-corrected chi connectivity index (χ0v) is 14.5. The van der Waals surface area contributed by atoms with Crippen LogP contribution in [0.5, 0.6) is 0 Å². The lowest BCUT2D eigenvalue weighted by Crippen LogP contribution is -2.19. The van der Waals surface area contributed by atoms with Crippen molar-refractivity contribution in [2.75, 3.05) is 0 Å². The summed E-state index contributed by atoms with van der Waals surface area (Å²) in [6, 6.07) is 18.2. The van der Waals surface area contributed by atoms with Crippen molar-refractivity contribution in [1.29, 1.82) is 0 Å². The van der Waals surface area contributed by atoms with Gasteiger partial charge in [0.05, 0.1) is 0 Å². The summed E-state index contributed by atoms with van der Waals surface area (Å²) in [6.45, 7) is 7.14. The highest BCUT2D eigenvalue weighted by molar-refractivity contribution is 6.08. The minimum absolute atomic E-state index is 0.673. The van der Waals surface area contributed by atoms with Crippen molar-refractivity contribution >= 4 is 21.5 Å². The third kappa shape index (κ3) is 2.55. The van der Waals surface area contributed by atoms with Crippen molar-refractivity contribution in [3.63, 3.8) is 0 Å². The van der Waals surface area contributed by atoms with Crippen molar-refractivity contribution in [3.8, 4) is 0 Å². The van der Waals surface area contributed by atoms with Crippen LogP contribution in [0.25, 0.3) is 21.5 Å². The molecule has 118 valence electrons. The van der Waals surface area contributed by atoms with Gasteiger partial charge in [-0.25, -0.2) is 0 Å². The van der Waals surface area contributed by atoms with E-state index in [9.17, 15) is 0 Å². The third-order valence-electron chi connectivity index (χ3n) is 5.55. The SMILES string of the molecule is CC(C)CC1Cc2ccc3c(ccc4ccccc43)c2C(C)C1. The monoisotopic (exact) mass is 302 g/mol. The summed E-state index contributed by atoms with van der Waals surface area (Å²) in [5, 5.41) is 5.65. The molecule has 0 N–H and O–H groups in total. The Morgan fingerprint density at radius 3 is 2.52 bits per heavy atom. The van der Waals surface area contributed by atoms with Crippen molar-refractivity contribution in [2.45, 2.75) is 46.0 Å². The van der Waals surface area contributed by atoms with E-state index in [0.29, 0.717) is 5.92 Å². The topological polar surface area (TPSA) is 0 Å². The summed E-state index contributed by atoms with van der Waals surface area (Å²) < 4.78 is 0. The lowest BCUT2D eigenvalue weighted by atomic mass is 9.73. The molecule has 2 atom stereocenters. The molecular weight excluding hydrogens is 276 g/mol. The number of fused-ring (bicyclic) bond motifs is 5. The Bertz CT molecular complexity index is 856. The second kappa shape index (κ2) is 5.67. The molecule has 0 spiro atoms. The molecule has 3 aromatic carbocycles. The van der Waals surface area contributed by atoms with Crippen LogP contribution in [0.3, 0.4) is 0 Å². The van der Waals surface area contributed by atoms with Crippen LogP contribution in [0.15, 0.2) is 48.5 Å². The molecule has 0 heteroatoms. The third-order valence-corrected chi connectivity index (χ3v) is 5.55. The maximum absolute atomic E-state index is 2.43. The summed E-state index contributed by atoms with van der Waals surface area (Å²) in [5.74, 6) is 2.33. The van der Waals surface area contributed by atoms with Crippen LogP contribution in [0.4, 0.5) is 0 Å². The molecule has 1 aliphatic rings. The average Bonchev–Trinajstić information content (AvgIpc) is 2.53. The van der Waals surface area contributed by atoms with E-state index in [1.165, 1.54) is 40.8 Å². The average molecular weight is 302 g/mol. The van der Waals surface area contributed by atoms with E-state index in [-0.39, 0.29) is 0 Å². The van der Waals surface area contributed by atoms with Gasteiger partial charge in [-0.05, 0) is 69.7 Å². The molecular formula is C23H26. The van der Waals surface area contributed by atoms with E-state index in [0.717, 1.165) is 11.8 Å². The largest absolute Gasteiger partial charge is 0.0628 e. The molecule has 0 aliphatic heterocycles. The molecule has 0 radical (unpaired) electrons. The highest BCUT2D eigenvalue weighted by Crippen LogP contribution is 2.42. The van der Waals surface area contributed by atoms with Gasteiger partial charge in [0.2, 0.25) is 0 Å². The van der Waals surface area contributed by atoms with E-state index in [2.05, 4.69) is 69.3 Å². The van der Waals surface area contributed by atoms with Crippen molar-refractivity contribution in [3.05, 3.63) is 59.7 Å². The first-order chi connectivity index (χ1) is 11.1. The predicted octanol–water partition coefficient (Wildman–Crippen LogP) is 6.71. The molecule has 3 aromatic rings. The molecule has 0 saturated carbocycles. The summed E-state index contributed by atoms with van der Waals surface area (Å²) in [4.78, 5) is 0. The van der Waals surface area contributed by atoms with Crippen LogP contribution in [-0.2, 0) is 6.42 Å². The van der Waals surface area contributed by atoms with E-state index in [1.54, 1.807) is 11.1 Å². The molecule has 0 heterocycles. The molecule has 0 fully saturated rings. The molecule has 0 amide bonds. The standard InChI is InChI=1S/C23H26/c1-15(2)12-17-13-16(3)23-19(14-17)9-10-21-20-7-5-4-6-18(20)8-11-22(21)23/h4-11,15-17H,12-14H2,1-3H3. The van der Waals surface area contributed by atoms with Crippen LogP contribution in [0.2, 0.25) is 0 Å². The zero-order chi connectivity index (χ0) is 16.0.